The number of ether oxygens (including phenoxy) is 2. The number of imide groups is 1. The Balaban J connectivity index is 1.53. The second-order valence-electron chi connectivity index (χ2n) is 8.29. The van der Waals surface area contributed by atoms with Gasteiger partial charge in [0.05, 0.1) is 31.4 Å². The van der Waals surface area contributed by atoms with Gasteiger partial charge in [0.25, 0.3) is 11.8 Å². The topological polar surface area (TPSA) is 93.2 Å². The number of aldehydes is 1. The maximum atomic E-state index is 13.6. The Morgan fingerprint density at radius 1 is 0.743 bits per heavy atom. The van der Waals surface area contributed by atoms with Crippen molar-refractivity contribution in [1.82, 2.24) is 9.80 Å². The van der Waals surface area contributed by atoms with Crippen LogP contribution in [-0.4, -0.2) is 60.1 Å². The maximum Gasteiger partial charge on any atom is 0.262 e. The van der Waals surface area contributed by atoms with Gasteiger partial charge in [0.2, 0.25) is 5.91 Å². The molecule has 176 valence electrons. The van der Waals surface area contributed by atoms with Gasteiger partial charge < -0.3 is 19.2 Å². The third-order valence-corrected chi connectivity index (χ3v) is 6.54. The second kappa shape index (κ2) is 8.72. The minimum absolute atomic E-state index is 0.232. The Hall–Kier alpha value is -4.46. The predicted molar refractivity (Wildman–Crippen MR) is 125 cm³/mol. The SMILES string of the molecule is COc1ccc(C(c2ccc(OC)cc2)N2C(=O)[C@@H](N3C(=O)c4ccccc4C3=O)[C@H]2C=O)cc1. The van der Waals surface area contributed by atoms with Gasteiger partial charge in [-0.3, -0.25) is 19.3 Å². The fourth-order valence-corrected chi connectivity index (χ4v) is 4.76. The molecule has 8 nitrogen and oxygen atoms in total. The quantitative estimate of drug-likeness (QED) is 0.300. The van der Waals surface area contributed by atoms with Crippen molar-refractivity contribution in [3.63, 3.8) is 0 Å². The highest BCUT2D eigenvalue weighted by Crippen LogP contribution is 2.41. The summed E-state index contributed by atoms with van der Waals surface area (Å²) in [6, 6.07) is 17.9. The molecule has 2 aliphatic heterocycles. The first kappa shape index (κ1) is 22.3. The summed E-state index contributed by atoms with van der Waals surface area (Å²) in [5.74, 6) is -0.323. The number of fused-ring (bicyclic) bond motifs is 1. The molecule has 2 aliphatic rings. The molecule has 35 heavy (non-hydrogen) atoms. The minimum Gasteiger partial charge on any atom is -0.497 e. The summed E-state index contributed by atoms with van der Waals surface area (Å²) in [7, 11) is 3.12. The number of hydrogen-bond acceptors (Lipinski definition) is 6. The average Bonchev–Trinajstić information content (AvgIpc) is 3.15. The molecule has 2 atom stereocenters. The molecule has 0 saturated carbocycles. The Labute approximate surface area is 201 Å². The molecule has 1 fully saturated rings. The normalized spacial score (nSPS) is 19.0. The van der Waals surface area contributed by atoms with Crippen LogP contribution in [0.3, 0.4) is 0 Å². The van der Waals surface area contributed by atoms with Gasteiger partial charge in [-0.1, -0.05) is 36.4 Å². The van der Waals surface area contributed by atoms with E-state index in [2.05, 4.69) is 0 Å². The number of nitrogens with zero attached hydrogens (tertiary/aromatic N) is 2. The Bertz CT molecular complexity index is 1240. The lowest BCUT2D eigenvalue weighted by atomic mass is 9.86. The molecule has 0 bridgehead atoms. The molecule has 0 aromatic heterocycles. The number of likely N-dealkylation sites (tertiary alicyclic amines) is 1. The maximum absolute atomic E-state index is 13.6. The Morgan fingerprint density at radius 3 is 1.60 bits per heavy atom. The highest BCUT2D eigenvalue weighted by atomic mass is 16.5. The van der Waals surface area contributed by atoms with Crippen molar-refractivity contribution in [2.75, 3.05) is 14.2 Å². The molecule has 0 spiro atoms. The Morgan fingerprint density at radius 2 is 1.20 bits per heavy atom. The summed E-state index contributed by atoms with van der Waals surface area (Å²) >= 11 is 0. The molecule has 5 rings (SSSR count). The van der Waals surface area contributed by atoms with Gasteiger partial charge in [-0.05, 0) is 47.5 Å². The highest BCUT2D eigenvalue weighted by Gasteiger charge is 2.58. The second-order valence-corrected chi connectivity index (χ2v) is 8.29. The van der Waals surface area contributed by atoms with Crippen molar-refractivity contribution in [2.45, 2.75) is 18.1 Å². The van der Waals surface area contributed by atoms with Crippen molar-refractivity contribution in [2.24, 2.45) is 0 Å². The van der Waals surface area contributed by atoms with E-state index >= 15 is 0 Å². The van der Waals surface area contributed by atoms with Crippen LogP contribution in [0.5, 0.6) is 11.5 Å². The van der Waals surface area contributed by atoms with E-state index in [4.69, 9.17) is 9.47 Å². The lowest BCUT2D eigenvalue weighted by molar-refractivity contribution is -0.161. The van der Waals surface area contributed by atoms with Crippen molar-refractivity contribution < 1.29 is 28.7 Å². The third kappa shape index (κ3) is 3.45. The number of carbonyl (C=O) groups excluding carboxylic acids is 4. The van der Waals surface area contributed by atoms with E-state index in [-0.39, 0.29) is 11.1 Å². The monoisotopic (exact) mass is 470 g/mol. The molecule has 0 radical (unpaired) electrons. The highest BCUT2D eigenvalue weighted by molar-refractivity contribution is 6.23. The standard InChI is InChI=1S/C27H22N2O6/c1-34-18-11-7-16(8-12-18)23(17-9-13-19(35-2)14-10-17)28-22(15-30)24(27(28)33)29-25(31)20-5-3-4-6-21(20)26(29)32/h3-15,22-24H,1-2H3/t22-,24+/m1/s1. The van der Waals surface area contributed by atoms with Gasteiger partial charge in [0.15, 0.2) is 0 Å². The van der Waals surface area contributed by atoms with E-state index in [1.165, 1.54) is 4.90 Å². The molecule has 0 unspecified atom stereocenters. The summed E-state index contributed by atoms with van der Waals surface area (Å²) < 4.78 is 10.5. The fourth-order valence-electron chi connectivity index (χ4n) is 4.76. The van der Waals surface area contributed by atoms with Crippen molar-refractivity contribution in [3.05, 3.63) is 95.1 Å². The molecular formula is C27H22N2O6. The summed E-state index contributed by atoms with van der Waals surface area (Å²) in [5, 5.41) is 0. The van der Waals surface area contributed by atoms with Crippen LogP contribution < -0.4 is 9.47 Å². The van der Waals surface area contributed by atoms with Crippen LogP contribution >= 0.6 is 0 Å². The number of hydrogen-bond donors (Lipinski definition) is 0. The van der Waals surface area contributed by atoms with Gasteiger partial charge in [0.1, 0.15) is 29.9 Å². The predicted octanol–water partition coefficient (Wildman–Crippen LogP) is 2.87. The van der Waals surface area contributed by atoms with E-state index in [1.54, 1.807) is 62.8 Å². The van der Waals surface area contributed by atoms with Crippen LogP contribution in [0.2, 0.25) is 0 Å². The first-order valence-electron chi connectivity index (χ1n) is 11.0. The number of carbonyl (C=O) groups is 4. The zero-order chi connectivity index (χ0) is 24.7. The number of rotatable bonds is 7. The van der Waals surface area contributed by atoms with Crippen molar-refractivity contribution >= 4 is 24.0 Å². The van der Waals surface area contributed by atoms with Crippen LogP contribution in [0.25, 0.3) is 0 Å². The van der Waals surface area contributed by atoms with E-state index in [1.807, 2.05) is 24.3 Å². The summed E-state index contributed by atoms with van der Waals surface area (Å²) in [4.78, 5) is 54.2. The van der Waals surface area contributed by atoms with E-state index in [9.17, 15) is 19.2 Å². The van der Waals surface area contributed by atoms with Crippen molar-refractivity contribution in [3.8, 4) is 11.5 Å². The third-order valence-electron chi connectivity index (χ3n) is 6.54. The molecule has 3 aromatic rings. The first-order valence-corrected chi connectivity index (χ1v) is 11.0. The van der Waals surface area contributed by atoms with E-state index in [0.717, 1.165) is 16.0 Å². The van der Waals surface area contributed by atoms with Gasteiger partial charge in [-0.15, -0.1) is 0 Å². The molecule has 3 amide bonds. The van der Waals surface area contributed by atoms with E-state index < -0.39 is 35.8 Å². The molecular weight excluding hydrogens is 448 g/mol. The van der Waals surface area contributed by atoms with Gasteiger partial charge in [-0.2, -0.15) is 0 Å². The lowest BCUT2D eigenvalue weighted by Crippen LogP contribution is -2.72. The zero-order valence-electron chi connectivity index (χ0n) is 19.1. The van der Waals surface area contributed by atoms with Crippen LogP contribution in [-0.2, 0) is 9.59 Å². The number of β-lactam (4-membered cyclic amide) rings is 1. The average molecular weight is 470 g/mol. The molecule has 0 N–H and O–H groups in total. The van der Waals surface area contributed by atoms with Gasteiger partial charge >= 0.3 is 0 Å². The Kier molecular flexibility index (Phi) is 5.56. The van der Waals surface area contributed by atoms with Crippen LogP contribution in [0, 0.1) is 0 Å². The molecule has 0 aliphatic carbocycles. The largest absolute Gasteiger partial charge is 0.497 e. The number of benzene rings is 3. The smallest absolute Gasteiger partial charge is 0.262 e. The number of amides is 3. The van der Waals surface area contributed by atoms with Crippen LogP contribution in [0.1, 0.15) is 37.9 Å². The minimum atomic E-state index is -1.20. The first-order chi connectivity index (χ1) is 17.0. The summed E-state index contributed by atoms with van der Waals surface area (Å²) in [5.41, 5.74) is 1.96. The van der Waals surface area contributed by atoms with Crippen LogP contribution in [0.4, 0.5) is 0 Å². The molecule has 8 heteroatoms. The van der Waals surface area contributed by atoms with Gasteiger partial charge in [0, 0.05) is 0 Å². The van der Waals surface area contributed by atoms with Gasteiger partial charge in [-0.25, -0.2) is 0 Å². The molecule has 2 heterocycles. The number of methoxy groups -OCH3 is 2. The van der Waals surface area contributed by atoms with Crippen LogP contribution in [0.15, 0.2) is 72.8 Å². The lowest BCUT2D eigenvalue weighted by Gasteiger charge is -2.50. The van der Waals surface area contributed by atoms with E-state index in [0.29, 0.717) is 17.8 Å². The molecule has 3 aromatic carbocycles. The fraction of sp³-hybridized carbons (Fsp3) is 0.185. The summed E-state index contributed by atoms with van der Waals surface area (Å²) in [6.07, 6.45) is 0.621. The van der Waals surface area contributed by atoms with Crippen molar-refractivity contribution in [1.29, 1.82) is 0 Å². The summed E-state index contributed by atoms with van der Waals surface area (Å²) in [6.45, 7) is 0. The zero-order valence-corrected chi connectivity index (χ0v) is 19.1. The molecule has 1 saturated heterocycles.